The van der Waals surface area contributed by atoms with Gasteiger partial charge in [-0.05, 0) is 13.8 Å². The minimum atomic E-state index is -0.0625. The SMILES string of the molecule is CC(=O)CC(C)=O.[O]. The number of carbonyl (C=O) groups is 2. The van der Waals surface area contributed by atoms with Crippen molar-refractivity contribution in [1.82, 2.24) is 0 Å². The van der Waals surface area contributed by atoms with E-state index in [0.717, 1.165) is 0 Å². The summed E-state index contributed by atoms with van der Waals surface area (Å²) in [5.74, 6) is -0.125. The van der Waals surface area contributed by atoms with Crippen molar-refractivity contribution in [3.05, 3.63) is 0 Å². The average molecular weight is 116 g/mol. The smallest absolute Gasteiger partial charge is 0.137 e. The van der Waals surface area contributed by atoms with Crippen LogP contribution in [-0.4, -0.2) is 11.6 Å². The molecule has 0 aliphatic rings. The number of hydrogen-bond acceptors (Lipinski definition) is 2. The topological polar surface area (TPSA) is 62.6 Å². The number of hydrogen-bond donors (Lipinski definition) is 0. The maximum absolute atomic E-state index is 10.0. The van der Waals surface area contributed by atoms with E-state index in [-0.39, 0.29) is 23.5 Å². The van der Waals surface area contributed by atoms with Gasteiger partial charge in [0.15, 0.2) is 0 Å². The van der Waals surface area contributed by atoms with Crippen LogP contribution in [0.25, 0.3) is 0 Å². The van der Waals surface area contributed by atoms with Gasteiger partial charge in [0, 0.05) is 5.48 Å². The molecule has 0 saturated carbocycles. The van der Waals surface area contributed by atoms with Crippen molar-refractivity contribution < 1.29 is 15.1 Å². The molecule has 0 fully saturated rings. The first-order valence-corrected chi connectivity index (χ1v) is 2.12. The maximum atomic E-state index is 10.0. The Labute approximate surface area is 48.0 Å². The fourth-order valence-electron chi connectivity index (χ4n) is 0.351. The zero-order chi connectivity index (χ0) is 5.86. The maximum Gasteiger partial charge on any atom is 0.137 e. The minimum absolute atomic E-state index is 0. The summed E-state index contributed by atoms with van der Waals surface area (Å²) in [6.07, 6.45) is 0.0833. The molecule has 3 heteroatoms. The molecule has 0 aromatic heterocycles. The van der Waals surface area contributed by atoms with Crippen LogP contribution in [0, 0.1) is 0 Å². The summed E-state index contributed by atoms with van der Waals surface area (Å²) in [6.45, 7) is 2.81. The Kier molecular flexibility index (Phi) is 5.75. The van der Waals surface area contributed by atoms with Crippen molar-refractivity contribution in [3.8, 4) is 0 Å². The van der Waals surface area contributed by atoms with Crippen LogP contribution in [0.15, 0.2) is 0 Å². The van der Waals surface area contributed by atoms with Crippen molar-refractivity contribution >= 4 is 11.6 Å². The van der Waals surface area contributed by atoms with Crippen LogP contribution in [0.5, 0.6) is 0 Å². The average Bonchev–Trinajstić information content (AvgIpc) is 1.27. The predicted molar refractivity (Wildman–Crippen MR) is 26.7 cm³/mol. The third-order valence-corrected chi connectivity index (χ3v) is 0.498. The first-order valence-electron chi connectivity index (χ1n) is 2.12. The van der Waals surface area contributed by atoms with Crippen molar-refractivity contribution in [2.45, 2.75) is 20.3 Å². The summed E-state index contributed by atoms with van der Waals surface area (Å²) in [4.78, 5) is 20.1. The van der Waals surface area contributed by atoms with Crippen molar-refractivity contribution in [2.24, 2.45) is 0 Å². The van der Waals surface area contributed by atoms with Crippen molar-refractivity contribution in [1.29, 1.82) is 0 Å². The van der Waals surface area contributed by atoms with E-state index in [4.69, 9.17) is 0 Å². The number of carbonyl (C=O) groups excluding carboxylic acids is 2. The lowest BCUT2D eigenvalue weighted by Crippen LogP contribution is -1.97. The standard InChI is InChI=1S/C5H8O2.O/c1-4(6)3-5(2)7;/h3H2,1-2H3;. The van der Waals surface area contributed by atoms with Crippen LogP contribution in [0.4, 0.5) is 0 Å². The van der Waals surface area contributed by atoms with Crippen molar-refractivity contribution in [3.63, 3.8) is 0 Å². The normalized spacial score (nSPS) is 7.25. The van der Waals surface area contributed by atoms with Gasteiger partial charge in [-0.1, -0.05) is 0 Å². The third-order valence-electron chi connectivity index (χ3n) is 0.498. The molecule has 0 amide bonds. The second-order valence-electron chi connectivity index (χ2n) is 1.58. The quantitative estimate of drug-likeness (QED) is 0.491. The molecule has 0 unspecified atom stereocenters. The third kappa shape index (κ3) is 9.00. The molecule has 0 rings (SSSR count). The van der Waals surface area contributed by atoms with Gasteiger partial charge in [0.05, 0.1) is 6.42 Å². The highest BCUT2D eigenvalue weighted by atomic mass is 16.1. The Bertz CT molecular complexity index is 83.8. The second-order valence-corrected chi connectivity index (χ2v) is 1.58. The summed E-state index contributed by atoms with van der Waals surface area (Å²) in [6, 6.07) is 0. The van der Waals surface area contributed by atoms with Crippen LogP contribution in [0.2, 0.25) is 0 Å². The summed E-state index contributed by atoms with van der Waals surface area (Å²) in [5, 5.41) is 0. The molecular weight excluding hydrogens is 108 g/mol. The van der Waals surface area contributed by atoms with Crippen LogP contribution >= 0.6 is 0 Å². The van der Waals surface area contributed by atoms with Gasteiger partial charge in [0.1, 0.15) is 11.6 Å². The molecule has 0 aromatic rings. The highest BCUT2D eigenvalue weighted by Crippen LogP contribution is 1.80. The zero-order valence-electron chi connectivity index (χ0n) is 4.93. The number of ketones is 2. The summed E-state index contributed by atoms with van der Waals surface area (Å²) >= 11 is 0. The number of Topliss-reactive ketones (excluding diaryl/α,β-unsaturated/α-hetero) is 2. The summed E-state index contributed by atoms with van der Waals surface area (Å²) < 4.78 is 0. The Balaban J connectivity index is 0. The van der Waals surface area contributed by atoms with Gasteiger partial charge in [0.25, 0.3) is 0 Å². The van der Waals surface area contributed by atoms with Crippen LogP contribution in [-0.2, 0) is 15.1 Å². The van der Waals surface area contributed by atoms with Gasteiger partial charge in [-0.3, -0.25) is 9.59 Å². The number of rotatable bonds is 2. The monoisotopic (exact) mass is 116 g/mol. The van der Waals surface area contributed by atoms with Crippen LogP contribution in [0.3, 0.4) is 0 Å². The van der Waals surface area contributed by atoms with E-state index in [1.165, 1.54) is 13.8 Å². The van der Waals surface area contributed by atoms with Crippen LogP contribution < -0.4 is 0 Å². The van der Waals surface area contributed by atoms with Gasteiger partial charge in [0.2, 0.25) is 0 Å². The first-order chi connectivity index (χ1) is 3.13. The lowest BCUT2D eigenvalue weighted by atomic mass is 10.2. The van der Waals surface area contributed by atoms with E-state index in [0.29, 0.717) is 0 Å². The Morgan fingerprint density at radius 1 is 1.12 bits per heavy atom. The lowest BCUT2D eigenvalue weighted by molar-refractivity contribution is -0.124. The predicted octanol–water partition coefficient (Wildman–Crippen LogP) is 0.436. The fourth-order valence-corrected chi connectivity index (χ4v) is 0.351. The summed E-state index contributed by atoms with van der Waals surface area (Å²) in [5.41, 5.74) is 0. The molecule has 0 heterocycles. The molecule has 0 aromatic carbocycles. The Morgan fingerprint density at radius 2 is 1.38 bits per heavy atom. The van der Waals surface area contributed by atoms with E-state index in [2.05, 4.69) is 0 Å². The molecule has 8 heavy (non-hydrogen) atoms. The molecule has 0 bridgehead atoms. The molecule has 2 radical (unpaired) electrons. The molecule has 0 N–H and O–H groups in total. The van der Waals surface area contributed by atoms with Gasteiger partial charge < -0.3 is 0 Å². The lowest BCUT2D eigenvalue weighted by Gasteiger charge is -1.81. The Morgan fingerprint density at radius 3 is 1.38 bits per heavy atom. The zero-order valence-corrected chi connectivity index (χ0v) is 4.93. The van der Waals surface area contributed by atoms with Gasteiger partial charge in [-0.25, -0.2) is 0 Å². The molecule has 0 aliphatic heterocycles. The van der Waals surface area contributed by atoms with Gasteiger partial charge >= 0.3 is 0 Å². The highest BCUT2D eigenvalue weighted by Gasteiger charge is 1.94. The first kappa shape index (κ1) is 10.3. The largest absolute Gasteiger partial charge is 0.300 e. The molecule has 0 atom stereocenters. The molecule has 0 saturated heterocycles. The van der Waals surface area contributed by atoms with Crippen LogP contribution in [0.1, 0.15) is 20.3 Å². The van der Waals surface area contributed by atoms with E-state index >= 15 is 0 Å². The molecular formula is C5H8O3. The van der Waals surface area contributed by atoms with Gasteiger partial charge in [-0.2, -0.15) is 0 Å². The molecule has 0 aliphatic carbocycles. The van der Waals surface area contributed by atoms with E-state index in [9.17, 15) is 9.59 Å². The van der Waals surface area contributed by atoms with Gasteiger partial charge in [-0.15, -0.1) is 0 Å². The van der Waals surface area contributed by atoms with Crippen molar-refractivity contribution in [2.75, 3.05) is 0 Å². The fraction of sp³-hybridized carbons (Fsp3) is 0.600. The highest BCUT2D eigenvalue weighted by molar-refractivity contribution is 5.96. The second kappa shape index (κ2) is 4.46. The summed E-state index contributed by atoms with van der Waals surface area (Å²) in [7, 11) is 0. The molecule has 0 spiro atoms. The van der Waals surface area contributed by atoms with E-state index in [1.807, 2.05) is 0 Å². The van der Waals surface area contributed by atoms with E-state index in [1.54, 1.807) is 0 Å². The molecule has 46 valence electrons. The Hall–Kier alpha value is -0.700. The minimum Gasteiger partial charge on any atom is -0.300 e. The molecule has 3 nitrogen and oxygen atoms in total. The van der Waals surface area contributed by atoms with E-state index < -0.39 is 0 Å².